The van der Waals surface area contributed by atoms with E-state index in [9.17, 15) is 0 Å². The molecule has 1 N–H and O–H groups in total. The van der Waals surface area contributed by atoms with Crippen molar-refractivity contribution in [3.05, 3.63) is 0 Å². The van der Waals surface area contributed by atoms with E-state index in [1.54, 1.807) is 0 Å². The molecule has 0 amide bonds. The first-order chi connectivity index (χ1) is 10.7. The minimum atomic E-state index is 0. The highest BCUT2D eigenvalue weighted by Gasteiger charge is 2.20. The van der Waals surface area contributed by atoms with Gasteiger partial charge in [-0.05, 0) is 43.1 Å². The molecule has 0 unspecified atom stereocenters. The largest absolute Gasteiger partial charge is 0.357 e. The summed E-state index contributed by atoms with van der Waals surface area (Å²) in [6.07, 6.45) is 2.69. The molecule has 0 spiro atoms. The molecule has 2 aliphatic heterocycles. The Morgan fingerprint density at radius 2 is 1.83 bits per heavy atom. The van der Waals surface area contributed by atoms with Crippen LogP contribution in [0, 0.1) is 11.8 Å². The fourth-order valence-electron chi connectivity index (χ4n) is 3.23. The molecule has 0 atom stereocenters. The molecule has 0 aromatic heterocycles. The molecule has 2 heterocycles. The van der Waals surface area contributed by atoms with Gasteiger partial charge in [0, 0.05) is 45.8 Å². The summed E-state index contributed by atoms with van der Waals surface area (Å²) in [5, 5.41) is 3.50. The lowest BCUT2D eigenvalue weighted by Crippen LogP contribution is -2.53. The van der Waals surface area contributed by atoms with E-state index in [1.165, 1.54) is 44.0 Å². The zero-order chi connectivity index (χ0) is 15.8. The molecule has 0 aliphatic carbocycles. The number of guanidine groups is 1. The maximum atomic E-state index is 4.95. The number of aliphatic imine (C=N–C) groups is 1. The molecule has 2 saturated heterocycles. The van der Waals surface area contributed by atoms with Gasteiger partial charge in [0.2, 0.25) is 0 Å². The third kappa shape index (κ3) is 7.82. The Kier molecular flexibility index (Phi) is 10.9. The van der Waals surface area contributed by atoms with Gasteiger partial charge >= 0.3 is 0 Å². The average Bonchev–Trinajstić information content (AvgIpc) is 2.53. The van der Waals surface area contributed by atoms with Gasteiger partial charge in [0.05, 0.1) is 0 Å². The van der Waals surface area contributed by atoms with E-state index in [-0.39, 0.29) is 24.0 Å². The van der Waals surface area contributed by atoms with E-state index < -0.39 is 0 Å². The molecule has 0 radical (unpaired) electrons. The van der Waals surface area contributed by atoms with E-state index >= 15 is 0 Å². The first-order valence-electron chi connectivity index (χ1n) is 9.02. The maximum absolute atomic E-state index is 4.95. The number of hydrogen-bond donors (Lipinski definition) is 1. The Hall–Kier alpha value is 0.310. The van der Waals surface area contributed by atoms with Crippen molar-refractivity contribution in [3.8, 4) is 0 Å². The predicted molar refractivity (Wildman–Crippen MR) is 114 cm³/mol. The first-order valence-corrected chi connectivity index (χ1v) is 10.2. The normalized spacial score (nSPS) is 21.4. The molecule has 6 heteroatoms. The minimum Gasteiger partial charge on any atom is -0.357 e. The number of thioether (sulfide) groups is 1. The van der Waals surface area contributed by atoms with Gasteiger partial charge in [0.25, 0.3) is 0 Å². The summed E-state index contributed by atoms with van der Waals surface area (Å²) in [7, 11) is 0. The highest BCUT2D eigenvalue weighted by molar-refractivity contribution is 14.0. The van der Waals surface area contributed by atoms with E-state index in [0.29, 0.717) is 0 Å². The molecule has 4 nitrogen and oxygen atoms in total. The molecule has 136 valence electrons. The lowest BCUT2D eigenvalue weighted by atomic mass is 10.0. The van der Waals surface area contributed by atoms with Crippen LogP contribution in [0.4, 0.5) is 0 Å². The van der Waals surface area contributed by atoms with Gasteiger partial charge in [-0.1, -0.05) is 13.8 Å². The number of hydrogen-bond acceptors (Lipinski definition) is 3. The van der Waals surface area contributed by atoms with E-state index in [0.717, 1.165) is 44.0 Å². The highest BCUT2D eigenvalue weighted by Crippen LogP contribution is 2.22. The maximum Gasteiger partial charge on any atom is 0.194 e. The van der Waals surface area contributed by atoms with Crippen LogP contribution in [0.25, 0.3) is 0 Å². The second-order valence-electron chi connectivity index (χ2n) is 6.93. The lowest BCUT2D eigenvalue weighted by molar-refractivity contribution is 0.164. The zero-order valence-electron chi connectivity index (χ0n) is 15.1. The summed E-state index contributed by atoms with van der Waals surface area (Å²) < 4.78 is 0. The van der Waals surface area contributed by atoms with Crippen LogP contribution >= 0.6 is 35.7 Å². The highest BCUT2D eigenvalue weighted by atomic mass is 127. The summed E-state index contributed by atoms with van der Waals surface area (Å²) in [5.74, 6) is 5.36. The van der Waals surface area contributed by atoms with Gasteiger partial charge in [-0.2, -0.15) is 11.8 Å². The number of rotatable bonds is 5. The van der Waals surface area contributed by atoms with Crippen molar-refractivity contribution in [2.24, 2.45) is 16.8 Å². The monoisotopic (exact) mass is 454 g/mol. The molecule has 0 bridgehead atoms. The van der Waals surface area contributed by atoms with Gasteiger partial charge in [0.15, 0.2) is 5.96 Å². The van der Waals surface area contributed by atoms with Gasteiger partial charge in [-0.3, -0.25) is 9.89 Å². The third-order valence-corrected chi connectivity index (χ3v) is 5.52. The quantitative estimate of drug-likeness (QED) is 0.393. The van der Waals surface area contributed by atoms with Crippen molar-refractivity contribution < 1.29 is 0 Å². The summed E-state index contributed by atoms with van der Waals surface area (Å²) >= 11 is 2.10. The predicted octanol–water partition coefficient (Wildman–Crippen LogP) is 2.99. The molecular weight excluding hydrogens is 419 g/mol. The van der Waals surface area contributed by atoms with Crippen molar-refractivity contribution in [3.63, 3.8) is 0 Å². The second-order valence-corrected chi connectivity index (χ2v) is 8.16. The standard InChI is InChI=1S/C17H34N4S.HI/c1-4-18-17(19-13-16-5-11-22-12-6-16)21-9-7-20(8-10-21)14-15(2)3;/h15-16H,4-14H2,1-3H3,(H,18,19);1H. The number of nitrogens with one attached hydrogen (secondary N) is 1. The van der Waals surface area contributed by atoms with Crippen LogP contribution in [-0.2, 0) is 0 Å². The lowest BCUT2D eigenvalue weighted by Gasteiger charge is -2.37. The van der Waals surface area contributed by atoms with Crippen molar-refractivity contribution >= 4 is 41.7 Å². The third-order valence-electron chi connectivity index (χ3n) is 4.47. The molecule has 2 rings (SSSR count). The Morgan fingerprint density at radius 3 is 2.39 bits per heavy atom. The van der Waals surface area contributed by atoms with Gasteiger partial charge < -0.3 is 10.2 Å². The summed E-state index contributed by atoms with van der Waals surface area (Å²) in [6.45, 7) is 14.5. The fraction of sp³-hybridized carbons (Fsp3) is 0.941. The topological polar surface area (TPSA) is 30.9 Å². The minimum absolute atomic E-state index is 0. The molecular formula is C17H35IN4S. The Balaban J connectivity index is 0.00000264. The van der Waals surface area contributed by atoms with Gasteiger partial charge in [-0.25, -0.2) is 0 Å². The molecule has 23 heavy (non-hydrogen) atoms. The zero-order valence-corrected chi connectivity index (χ0v) is 18.2. The van der Waals surface area contributed by atoms with Crippen molar-refractivity contribution in [1.29, 1.82) is 0 Å². The SMILES string of the molecule is CCNC(=NCC1CCSCC1)N1CCN(CC(C)C)CC1.I. The van der Waals surface area contributed by atoms with Crippen molar-refractivity contribution in [2.45, 2.75) is 33.6 Å². The molecule has 2 aliphatic rings. The number of nitrogens with zero attached hydrogens (tertiary/aromatic N) is 3. The smallest absolute Gasteiger partial charge is 0.194 e. The Morgan fingerprint density at radius 1 is 1.17 bits per heavy atom. The van der Waals surface area contributed by atoms with E-state index in [4.69, 9.17) is 4.99 Å². The van der Waals surface area contributed by atoms with Crippen LogP contribution in [-0.4, -0.2) is 73.1 Å². The van der Waals surface area contributed by atoms with E-state index in [2.05, 4.69) is 47.6 Å². The Bertz CT molecular complexity index is 337. The number of halogens is 1. The summed E-state index contributed by atoms with van der Waals surface area (Å²) in [4.78, 5) is 9.99. The molecule has 0 aromatic rings. The molecule has 2 fully saturated rings. The van der Waals surface area contributed by atoms with Gasteiger partial charge in [-0.15, -0.1) is 24.0 Å². The Labute approximate surface area is 164 Å². The van der Waals surface area contributed by atoms with Gasteiger partial charge in [0.1, 0.15) is 0 Å². The van der Waals surface area contributed by atoms with Crippen LogP contribution < -0.4 is 5.32 Å². The van der Waals surface area contributed by atoms with Crippen LogP contribution in [0.3, 0.4) is 0 Å². The molecule has 0 saturated carbocycles. The summed E-state index contributed by atoms with van der Waals surface area (Å²) in [5.41, 5.74) is 0. The van der Waals surface area contributed by atoms with Crippen molar-refractivity contribution in [1.82, 2.24) is 15.1 Å². The molecule has 0 aromatic carbocycles. The average molecular weight is 454 g/mol. The first kappa shape index (κ1) is 21.4. The fourth-order valence-corrected chi connectivity index (χ4v) is 4.43. The second kappa shape index (κ2) is 11.8. The van der Waals surface area contributed by atoms with Crippen LogP contribution in [0.1, 0.15) is 33.6 Å². The number of piperazine rings is 1. The van der Waals surface area contributed by atoms with Crippen LogP contribution in [0.15, 0.2) is 4.99 Å². The van der Waals surface area contributed by atoms with Crippen molar-refractivity contribution in [2.75, 3.05) is 57.3 Å². The van der Waals surface area contributed by atoms with E-state index in [1.807, 2.05) is 0 Å². The van der Waals surface area contributed by atoms with Crippen LogP contribution in [0.5, 0.6) is 0 Å². The summed E-state index contributed by atoms with van der Waals surface area (Å²) in [6, 6.07) is 0. The van der Waals surface area contributed by atoms with Crippen LogP contribution in [0.2, 0.25) is 0 Å².